The molecule has 0 radical (unpaired) electrons. The SMILES string of the molecule is CC(C)(c1ccc(CN2CCc3cc(Br)ccc32)cc1)C(F)(F)F. The number of fused-ring (bicyclic) bond motifs is 1. The Morgan fingerprint density at radius 3 is 2.33 bits per heavy atom. The lowest BCUT2D eigenvalue weighted by Gasteiger charge is -2.28. The fourth-order valence-corrected chi connectivity index (χ4v) is 3.42. The zero-order valence-electron chi connectivity index (χ0n) is 13.6. The molecule has 0 bridgehead atoms. The summed E-state index contributed by atoms with van der Waals surface area (Å²) < 4.78 is 40.5. The van der Waals surface area contributed by atoms with Crippen LogP contribution in [0.1, 0.15) is 30.5 Å². The molecule has 0 saturated heterocycles. The summed E-state index contributed by atoms with van der Waals surface area (Å²) in [6.45, 7) is 4.08. The maximum Gasteiger partial charge on any atom is 0.397 e. The van der Waals surface area contributed by atoms with Gasteiger partial charge in [0.1, 0.15) is 0 Å². The fraction of sp³-hybridized carbons (Fsp3) is 0.368. The minimum atomic E-state index is -4.25. The van der Waals surface area contributed by atoms with Crippen molar-refractivity contribution in [2.24, 2.45) is 0 Å². The highest BCUT2D eigenvalue weighted by atomic mass is 79.9. The van der Waals surface area contributed by atoms with Crippen molar-refractivity contribution in [2.45, 2.75) is 38.4 Å². The van der Waals surface area contributed by atoms with Gasteiger partial charge in [0.15, 0.2) is 0 Å². The van der Waals surface area contributed by atoms with E-state index in [-0.39, 0.29) is 0 Å². The molecule has 0 aromatic heterocycles. The summed E-state index contributed by atoms with van der Waals surface area (Å²) in [6, 6.07) is 13.0. The third-order valence-corrected chi connectivity index (χ3v) is 5.28. The lowest BCUT2D eigenvalue weighted by molar-refractivity contribution is -0.180. The molecule has 2 aromatic carbocycles. The number of anilines is 1. The number of alkyl halides is 3. The number of rotatable bonds is 3. The molecule has 1 aliphatic heterocycles. The maximum absolute atomic E-state index is 13.1. The molecule has 0 amide bonds. The Labute approximate surface area is 148 Å². The molecular weight excluding hydrogens is 379 g/mol. The van der Waals surface area contributed by atoms with Crippen molar-refractivity contribution in [3.8, 4) is 0 Å². The van der Waals surface area contributed by atoms with Gasteiger partial charge in [-0.05, 0) is 55.2 Å². The highest BCUT2D eigenvalue weighted by molar-refractivity contribution is 9.10. The summed E-state index contributed by atoms with van der Waals surface area (Å²) in [4.78, 5) is 2.27. The first-order valence-electron chi connectivity index (χ1n) is 7.88. The molecule has 0 unspecified atom stereocenters. The van der Waals surface area contributed by atoms with Gasteiger partial charge in [0.25, 0.3) is 0 Å². The number of halogens is 4. The van der Waals surface area contributed by atoms with Crippen LogP contribution in [0.25, 0.3) is 0 Å². The van der Waals surface area contributed by atoms with Crippen LogP contribution in [0, 0.1) is 0 Å². The van der Waals surface area contributed by atoms with Gasteiger partial charge < -0.3 is 4.90 Å². The van der Waals surface area contributed by atoms with E-state index in [1.165, 1.54) is 25.1 Å². The molecule has 0 atom stereocenters. The van der Waals surface area contributed by atoms with Gasteiger partial charge in [-0.3, -0.25) is 0 Å². The monoisotopic (exact) mass is 397 g/mol. The van der Waals surface area contributed by atoms with Crippen LogP contribution < -0.4 is 4.90 Å². The van der Waals surface area contributed by atoms with Crippen LogP contribution in [0.4, 0.5) is 18.9 Å². The van der Waals surface area contributed by atoms with Crippen molar-refractivity contribution in [2.75, 3.05) is 11.4 Å². The molecule has 3 rings (SSSR count). The van der Waals surface area contributed by atoms with Gasteiger partial charge in [0.05, 0.1) is 5.41 Å². The fourth-order valence-electron chi connectivity index (χ4n) is 3.01. The van der Waals surface area contributed by atoms with E-state index in [9.17, 15) is 13.2 Å². The van der Waals surface area contributed by atoms with E-state index in [0.29, 0.717) is 12.1 Å². The molecule has 128 valence electrons. The first-order chi connectivity index (χ1) is 11.2. The number of hydrogen-bond acceptors (Lipinski definition) is 1. The quantitative estimate of drug-likeness (QED) is 0.627. The lowest BCUT2D eigenvalue weighted by Crippen LogP contribution is -2.36. The summed E-state index contributed by atoms with van der Waals surface area (Å²) in [5.74, 6) is 0. The Morgan fingerprint density at radius 1 is 1.04 bits per heavy atom. The van der Waals surface area contributed by atoms with Crippen molar-refractivity contribution in [1.82, 2.24) is 0 Å². The van der Waals surface area contributed by atoms with Crippen molar-refractivity contribution >= 4 is 21.6 Å². The van der Waals surface area contributed by atoms with Crippen LogP contribution in [0.15, 0.2) is 46.9 Å². The van der Waals surface area contributed by atoms with Crippen LogP contribution in [-0.4, -0.2) is 12.7 Å². The average molecular weight is 398 g/mol. The van der Waals surface area contributed by atoms with Gasteiger partial charge in [-0.1, -0.05) is 40.2 Å². The third kappa shape index (κ3) is 3.18. The third-order valence-electron chi connectivity index (χ3n) is 4.79. The summed E-state index contributed by atoms with van der Waals surface area (Å²) in [7, 11) is 0. The summed E-state index contributed by atoms with van der Waals surface area (Å²) in [6.07, 6.45) is -3.26. The molecule has 2 aromatic rings. The highest BCUT2D eigenvalue weighted by Crippen LogP contribution is 2.40. The van der Waals surface area contributed by atoms with E-state index in [1.807, 2.05) is 6.07 Å². The number of benzene rings is 2. The Kier molecular flexibility index (Phi) is 4.41. The Hall–Kier alpha value is -1.49. The van der Waals surface area contributed by atoms with Crippen molar-refractivity contribution < 1.29 is 13.2 Å². The molecule has 0 saturated carbocycles. The van der Waals surface area contributed by atoms with Crippen molar-refractivity contribution in [1.29, 1.82) is 0 Å². The van der Waals surface area contributed by atoms with Gasteiger partial charge in [0.2, 0.25) is 0 Å². The summed E-state index contributed by atoms with van der Waals surface area (Å²) >= 11 is 3.48. The molecule has 1 aliphatic rings. The van der Waals surface area contributed by atoms with Crippen LogP contribution in [0.3, 0.4) is 0 Å². The Bertz CT molecular complexity index is 735. The second-order valence-corrected chi connectivity index (χ2v) is 7.68. The van der Waals surface area contributed by atoms with E-state index in [4.69, 9.17) is 0 Å². The van der Waals surface area contributed by atoms with Gasteiger partial charge in [-0.25, -0.2) is 0 Å². The van der Waals surface area contributed by atoms with Gasteiger partial charge >= 0.3 is 6.18 Å². The number of nitrogens with zero attached hydrogens (tertiary/aromatic N) is 1. The summed E-state index contributed by atoms with van der Waals surface area (Å²) in [5.41, 5.74) is 1.99. The lowest BCUT2D eigenvalue weighted by atomic mass is 9.83. The molecule has 0 spiro atoms. The van der Waals surface area contributed by atoms with E-state index in [0.717, 1.165) is 23.0 Å². The van der Waals surface area contributed by atoms with Crippen LogP contribution in [-0.2, 0) is 18.4 Å². The highest BCUT2D eigenvalue weighted by Gasteiger charge is 2.48. The van der Waals surface area contributed by atoms with Crippen molar-refractivity contribution in [3.05, 3.63) is 63.6 Å². The van der Waals surface area contributed by atoms with Crippen LogP contribution >= 0.6 is 15.9 Å². The second-order valence-electron chi connectivity index (χ2n) is 6.76. The predicted molar refractivity (Wildman–Crippen MR) is 94.4 cm³/mol. The molecular formula is C19H19BrF3N. The first-order valence-corrected chi connectivity index (χ1v) is 8.67. The van der Waals surface area contributed by atoms with Gasteiger partial charge in [-0.2, -0.15) is 13.2 Å². The molecule has 0 N–H and O–H groups in total. The van der Waals surface area contributed by atoms with Crippen LogP contribution in [0.2, 0.25) is 0 Å². The maximum atomic E-state index is 13.1. The zero-order chi connectivity index (χ0) is 17.5. The second kappa shape index (κ2) is 6.10. The van der Waals surface area contributed by atoms with Gasteiger partial charge in [0, 0.05) is 23.2 Å². The smallest absolute Gasteiger partial charge is 0.367 e. The first kappa shape index (κ1) is 17.3. The molecule has 1 heterocycles. The summed E-state index contributed by atoms with van der Waals surface area (Å²) in [5, 5.41) is 0. The standard InChI is InChI=1S/C19H19BrF3N/c1-18(2,19(21,22)23)15-5-3-13(4-6-15)12-24-10-9-14-11-16(20)7-8-17(14)24/h3-8,11H,9-10,12H2,1-2H3. The largest absolute Gasteiger partial charge is 0.397 e. The topological polar surface area (TPSA) is 3.24 Å². The van der Waals surface area contributed by atoms with Crippen LogP contribution in [0.5, 0.6) is 0 Å². The van der Waals surface area contributed by atoms with E-state index < -0.39 is 11.6 Å². The predicted octanol–water partition coefficient (Wildman–Crippen LogP) is 5.85. The van der Waals surface area contributed by atoms with E-state index >= 15 is 0 Å². The molecule has 0 aliphatic carbocycles. The average Bonchev–Trinajstić information content (AvgIpc) is 2.89. The number of hydrogen-bond donors (Lipinski definition) is 0. The minimum Gasteiger partial charge on any atom is -0.367 e. The minimum absolute atomic E-state index is 0.296. The molecule has 1 nitrogen and oxygen atoms in total. The normalized spacial score (nSPS) is 14.8. The van der Waals surface area contributed by atoms with Crippen molar-refractivity contribution in [3.63, 3.8) is 0 Å². The van der Waals surface area contributed by atoms with Gasteiger partial charge in [-0.15, -0.1) is 0 Å². The zero-order valence-corrected chi connectivity index (χ0v) is 15.2. The molecule has 24 heavy (non-hydrogen) atoms. The Balaban J connectivity index is 1.77. The molecule has 5 heteroatoms. The Morgan fingerprint density at radius 2 is 1.71 bits per heavy atom. The van der Waals surface area contributed by atoms with E-state index in [2.05, 4.69) is 33.0 Å². The van der Waals surface area contributed by atoms with E-state index in [1.54, 1.807) is 24.3 Å². The molecule has 0 fully saturated rings.